The Bertz CT molecular complexity index is 1020. The van der Waals surface area contributed by atoms with Crippen LogP contribution in [0, 0.1) is 5.82 Å². The quantitative estimate of drug-likeness (QED) is 0.785. The zero-order valence-electron chi connectivity index (χ0n) is 15.6. The molecule has 29 heavy (non-hydrogen) atoms. The zero-order chi connectivity index (χ0) is 20.6. The fraction of sp³-hybridized carbons (Fsp3) is 0.333. The van der Waals surface area contributed by atoms with Gasteiger partial charge in [0, 0.05) is 50.1 Å². The third-order valence-corrected chi connectivity index (χ3v) is 6.81. The van der Waals surface area contributed by atoms with Crippen LogP contribution in [0.1, 0.15) is 6.42 Å². The van der Waals surface area contributed by atoms with Gasteiger partial charge in [-0.15, -0.1) is 0 Å². The van der Waals surface area contributed by atoms with Crippen molar-refractivity contribution in [2.24, 2.45) is 0 Å². The molecule has 0 aliphatic carbocycles. The van der Waals surface area contributed by atoms with Gasteiger partial charge in [-0.05, 0) is 18.2 Å². The van der Waals surface area contributed by atoms with Gasteiger partial charge in [-0.2, -0.15) is 17.0 Å². The van der Waals surface area contributed by atoms with E-state index in [0.29, 0.717) is 18.7 Å². The van der Waals surface area contributed by atoms with Crippen LogP contribution in [0.3, 0.4) is 0 Å². The van der Waals surface area contributed by atoms with Gasteiger partial charge in [0.25, 0.3) is 10.2 Å². The molecule has 2 aromatic rings. The lowest BCUT2D eigenvalue weighted by atomic mass is 10.2. The first-order valence-corrected chi connectivity index (χ1v) is 10.4. The predicted molar refractivity (Wildman–Crippen MR) is 104 cm³/mol. The van der Waals surface area contributed by atoms with Gasteiger partial charge < -0.3 is 15.4 Å². The van der Waals surface area contributed by atoms with Crippen LogP contribution in [-0.4, -0.2) is 60.3 Å². The molecule has 11 heteroatoms. The SMILES string of the molecule is CN1C[C@@H]2C[C@H](Oc3cc(F)cc(NC(=O)Nc4cccnc4)c3)CN2S1(=O)=O. The number of hydrogen-bond acceptors (Lipinski definition) is 5. The summed E-state index contributed by atoms with van der Waals surface area (Å²) in [5.74, 6) is -0.358. The lowest BCUT2D eigenvalue weighted by Crippen LogP contribution is -2.34. The number of aromatic nitrogens is 1. The Morgan fingerprint density at radius 1 is 1.24 bits per heavy atom. The molecule has 0 radical (unpaired) electrons. The third kappa shape index (κ3) is 4.16. The molecule has 2 N–H and O–H groups in total. The Kier molecular flexibility index (Phi) is 5.11. The number of anilines is 2. The molecule has 2 amide bonds. The molecular weight excluding hydrogens is 401 g/mol. The Morgan fingerprint density at radius 3 is 2.76 bits per heavy atom. The van der Waals surface area contributed by atoms with Crippen molar-refractivity contribution >= 4 is 27.6 Å². The van der Waals surface area contributed by atoms with E-state index in [2.05, 4.69) is 15.6 Å². The lowest BCUT2D eigenvalue weighted by Gasteiger charge is -2.18. The Balaban J connectivity index is 1.41. The number of carbonyl (C=O) groups is 1. The summed E-state index contributed by atoms with van der Waals surface area (Å²) in [7, 11) is -1.90. The number of nitrogens with zero attached hydrogens (tertiary/aromatic N) is 3. The van der Waals surface area contributed by atoms with Crippen molar-refractivity contribution in [1.29, 1.82) is 0 Å². The van der Waals surface area contributed by atoms with Gasteiger partial charge in [0.1, 0.15) is 17.7 Å². The number of ether oxygens (including phenoxy) is 1. The second kappa shape index (κ2) is 7.58. The van der Waals surface area contributed by atoms with Gasteiger partial charge in [-0.3, -0.25) is 4.98 Å². The highest BCUT2D eigenvalue weighted by atomic mass is 32.2. The highest BCUT2D eigenvalue weighted by molar-refractivity contribution is 7.87. The van der Waals surface area contributed by atoms with Crippen LogP contribution in [0.15, 0.2) is 42.7 Å². The summed E-state index contributed by atoms with van der Waals surface area (Å²) in [6.07, 6.45) is 3.19. The zero-order valence-corrected chi connectivity index (χ0v) is 16.4. The van der Waals surface area contributed by atoms with Gasteiger partial charge >= 0.3 is 6.03 Å². The fourth-order valence-electron chi connectivity index (χ4n) is 3.57. The maximum atomic E-state index is 14.0. The molecule has 0 unspecified atom stereocenters. The van der Waals surface area contributed by atoms with Crippen LogP contribution in [0.25, 0.3) is 0 Å². The molecule has 2 aliphatic heterocycles. The third-order valence-electron chi connectivity index (χ3n) is 4.84. The summed E-state index contributed by atoms with van der Waals surface area (Å²) < 4.78 is 47.0. The summed E-state index contributed by atoms with van der Waals surface area (Å²) in [4.78, 5) is 16.0. The molecule has 2 fully saturated rings. The van der Waals surface area contributed by atoms with E-state index in [9.17, 15) is 17.6 Å². The molecule has 2 aliphatic rings. The van der Waals surface area contributed by atoms with Gasteiger partial charge in [-0.25, -0.2) is 9.18 Å². The number of likely N-dealkylation sites (N-methyl/N-ethyl adjacent to an activating group) is 1. The number of fused-ring (bicyclic) bond motifs is 1. The summed E-state index contributed by atoms with van der Waals surface area (Å²) in [6, 6.07) is 6.52. The Hall–Kier alpha value is -2.76. The number of benzene rings is 1. The van der Waals surface area contributed by atoms with Crippen LogP contribution in [0.2, 0.25) is 0 Å². The number of pyridine rings is 1. The molecule has 0 saturated carbocycles. The highest BCUT2D eigenvalue weighted by Gasteiger charge is 2.48. The molecule has 154 valence electrons. The minimum atomic E-state index is -3.45. The van der Waals surface area contributed by atoms with Crippen molar-refractivity contribution in [2.45, 2.75) is 18.6 Å². The van der Waals surface area contributed by atoms with Crippen LogP contribution in [0.4, 0.5) is 20.6 Å². The molecular formula is C18H20FN5O4S. The standard InChI is InChI=1S/C18H20FN5O4S/c1-23-10-15-8-17(11-24(15)29(23,26)27)28-16-6-12(19)5-14(7-16)22-18(25)21-13-3-2-4-20-9-13/h2-7,9,15,17H,8,10-11H2,1H3,(H2,21,22,25)/t15-,17-/m0/s1. The maximum absolute atomic E-state index is 14.0. The number of halogens is 1. The number of urea groups is 1. The summed E-state index contributed by atoms with van der Waals surface area (Å²) in [5.41, 5.74) is 0.711. The topological polar surface area (TPSA) is 104 Å². The smallest absolute Gasteiger partial charge is 0.323 e. The van der Waals surface area contributed by atoms with E-state index in [-0.39, 0.29) is 30.1 Å². The molecule has 0 spiro atoms. The summed E-state index contributed by atoms with van der Waals surface area (Å²) in [6.45, 7) is 0.616. The molecule has 2 atom stereocenters. The first-order valence-electron chi connectivity index (χ1n) is 8.99. The van der Waals surface area contributed by atoms with E-state index < -0.39 is 22.1 Å². The van der Waals surface area contributed by atoms with E-state index >= 15 is 0 Å². The van der Waals surface area contributed by atoms with Gasteiger partial charge in [-0.1, -0.05) is 0 Å². The van der Waals surface area contributed by atoms with Crippen LogP contribution in [0.5, 0.6) is 5.75 Å². The molecule has 1 aromatic carbocycles. The molecule has 2 saturated heterocycles. The molecule has 4 rings (SSSR count). The van der Waals surface area contributed by atoms with Crippen molar-refractivity contribution in [2.75, 3.05) is 30.8 Å². The van der Waals surface area contributed by atoms with E-state index in [0.717, 1.165) is 0 Å². The first-order chi connectivity index (χ1) is 13.8. The molecule has 0 bridgehead atoms. The van der Waals surface area contributed by atoms with Gasteiger partial charge in [0.15, 0.2) is 0 Å². The summed E-state index contributed by atoms with van der Waals surface area (Å²) >= 11 is 0. The average molecular weight is 421 g/mol. The van der Waals surface area contributed by atoms with Gasteiger partial charge in [0.05, 0.1) is 18.4 Å². The van der Waals surface area contributed by atoms with E-state index in [1.165, 1.54) is 33.0 Å². The Morgan fingerprint density at radius 2 is 2.03 bits per heavy atom. The lowest BCUT2D eigenvalue weighted by molar-refractivity contribution is 0.211. The predicted octanol–water partition coefficient (Wildman–Crippen LogP) is 1.88. The average Bonchev–Trinajstić information content (AvgIpc) is 3.12. The van der Waals surface area contributed by atoms with Crippen LogP contribution in [-0.2, 0) is 10.2 Å². The van der Waals surface area contributed by atoms with Gasteiger partial charge in [0.2, 0.25) is 0 Å². The monoisotopic (exact) mass is 421 g/mol. The number of rotatable bonds is 4. The Labute approximate surface area is 167 Å². The minimum Gasteiger partial charge on any atom is -0.489 e. The number of carbonyl (C=O) groups excluding carboxylic acids is 1. The van der Waals surface area contributed by atoms with Crippen molar-refractivity contribution in [3.05, 3.63) is 48.5 Å². The minimum absolute atomic E-state index is 0.147. The van der Waals surface area contributed by atoms with Crippen molar-refractivity contribution in [3.63, 3.8) is 0 Å². The molecule has 1 aromatic heterocycles. The van der Waals surface area contributed by atoms with E-state index in [1.807, 2.05) is 0 Å². The second-order valence-corrected chi connectivity index (χ2v) is 8.97. The van der Waals surface area contributed by atoms with Crippen molar-refractivity contribution in [1.82, 2.24) is 13.6 Å². The van der Waals surface area contributed by atoms with Crippen LogP contribution < -0.4 is 15.4 Å². The van der Waals surface area contributed by atoms with Crippen LogP contribution >= 0.6 is 0 Å². The van der Waals surface area contributed by atoms with E-state index in [1.54, 1.807) is 25.4 Å². The number of hydrogen-bond donors (Lipinski definition) is 2. The maximum Gasteiger partial charge on any atom is 0.323 e. The first kappa shape index (κ1) is 19.6. The largest absolute Gasteiger partial charge is 0.489 e. The fourth-order valence-corrected chi connectivity index (χ4v) is 5.18. The van der Waals surface area contributed by atoms with E-state index in [4.69, 9.17) is 4.74 Å². The van der Waals surface area contributed by atoms with Crippen molar-refractivity contribution < 1.29 is 22.3 Å². The normalized spacial score (nSPS) is 23.5. The molecule has 9 nitrogen and oxygen atoms in total. The summed E-state index contributed by atoms with van der Waals surface area (Å²) in [5, 5.41) is 5.13. The highest BCUT2D eigenvalue weighted by Crippen LogP contribution is 2.32. The second-order valence-electron chi connectivity index (χ2n) is 6.98. The number of nitrogens with one attached hydrogen (secondary N) is 2. The molecule has 3 heterocycles. The van der Waals surface area contributed by atoms with Crippen molar-refractivity contribution in [3.8, 4) is 5.75 Å². The number of amides is 2.